The summed E-state index contributed by atoms with van der Waals surface area (Å²) in [6.45, 7) is 8.81. The summed E-state index contributed by atoms with van der Waals surface area (Å²) in [6, 6.07) is 1.74. The van der Waals surface area contributed by atoms with E-state index >= 15 is 0 Å². The fourth-order valence-corrected chi connectivity index (χ4v) is 1.87. The molecule has 0 unspecified atom stereocenters. The highest BCUT2D eigenvalue weighted by molar-refractivity contribution is 8.59. The van der Waals surface area contributed by atoms with E-state index in [-0.39, 0.29) is 11.2 Å². The molecule has 0 fully saturated rings. The number of hydrogen-bond donors (Lipinski definition) is 3. The van der Waals surface area contributed by atoms with Gasteiger partial charge in [0.25, 0.3) is 5.91 Å². The number of halogens is 1. The molecule has 2 aromatic rings. The Morgan fingerprint density at radius 2 is 1.92 bits per heavy atom. The van der Waals surface area contributed by atoms with Gasteiger partial charge in [-0.25, -0.2) is 4.98 Å². The largest absolute Gasteiger partial charge is 0.343 e. The summed E-state index contributed by atoms with van der Waals surface area (Å²) >= 11 is 12.2. The van der Waals surface area contributed by atoms with Gasteiger partial charge in [0.1, 0.15) is 11.3 Å². The number of amides is 1. The molecule has 9 heteroatoms. The zero-order chi connectivity index (χ0) is 20.9. The van der Waals surface area contributed by atoms with Crippen molar-refractivity contribution in [1.29, 1.82) is 0 Å². The van der Waals surface area contributed by atoms with Gasteiger partial charge in [-0.2, -0.15) is 4.98 Å². The number of nitrogens with zero attached hydrogens (tertiary/aromatic N) is 4. The third kappa shape index (κ3) is 7.70. The lowest BCUT2D eigenvalue weighted by molar-refractivity contribution is 0.0820. The second kappa shape index (κ2) is 14.5. The van der Waals surface area contributed by atoms with Gasteiger partial charge in [0.05, 0.1) is 0 Å². The number of rotatable bonds is 3. The van der Waals surface area contributed by atoms with Crippen LogP contribution in [0.1, 0.15) is 24.3 Å². The standard InChI is InChI=1S/C12H13ClN4O.C3H9N.C2H2.H2S2/c1-7(2)17-9(11(18)16(3)4)5-8-6-14-12(13)15-10(8)17;1-3-4-2;2*1-2/h5-6H,1H2,2-4H3;4H,3H2,1-2H3;2*1-2H. The summed E-state index contributed by atoms with van der Waals surface area (Å²) in [5.41, 5.74) is 1.79. The number of thiol groups is 2. The fourth-order valence-electron chi connectivity index (χ4n) is 1.74. The van der Waals surface area contributed by atoms with Gasteiger partial charge in [-0.3, -0.25) is 9.36 Å². The normalized spacial score (nSPS) is 8.85. The van der Waals surface area contributed by atoms with Crippen LogP contribution < -0.4 is 5.32 Å². The van der Waals surface area contributed by atoms with Crippen LogP contribution in [0.3, 0.4) is 0 Å². The van der Waals surface area contributed by atoms with E-state index in [1.54, 1.807) is 30.9 Å². The second-order valence-corrected chi connectivity index (χ2v) is 5.26. The van der Waals surface area contributed by atoms with Crippen molar-refractivity contribution in [2.24, 2.45) is 0 Å². The SMILES string of the molecule is C#C.C=C(C)n1c(C(=O)N(C)C)cc2cnc(Cl)nc21.CCNC.SS. The Bertz CT molecular complexity index is 727. The van der Waals surface area contributed by atoms with Gasteiger partial charge in [0.2, 0.25) is 5.28 Å². The maximum absolute atomic E-state index is 12.1. The first-order valence-corrected chi connectivity index (χ1v) is 9.40. The molecule has 0 bridgehead atoms. The monoisotopic (exact) mass is 415 g/mol. The Labute approximate surface area is 171 Å². The molecule has 0 saturated carbocycles. The maximum Gasteiger partial charge on any atom is 0.270 e. The van der Waals surface area contributed by atoms with Gasteiger partial charge in [-0.1, -0.05) is 13.5 Å². The van der Waals surface area contributed by atoms with Gasteiger partial charge in [-0.15, -0.1) is 36.2 Å². The third-order valence-electron chi connectivity index (χ3n) is 2.87. The van der Waals surface area contributed by atoms with E-state index in [4.69, 9.17) is 11.6 Å². The van der Waals surface area contributed by atoms with Crippen LogP contribution in [0.2, 0.25) is 5.28 Å². The van der Waals surface area contributed by atoms with Gasteiger partial charge in [-0.05, 0) is 38.2 Å². The zero-order valence-corrected chi connectivity index (χ0v) is 18.2. The molecular weight excluding hydrogens is 390 g/mol. The van der Waals surface area contributed by atoms with Crippen molar-refractivity contribution in [3.63, 3.8) is 0 Å². The molecule has 1 N–H and O–H groups in total. The average Bonchev–Trinajstić information content (AvgIpc) is 3.03. The number of terminal acetylenes is 1. The molecule has 0 aliphatic carbocycles. The first-order valence-electron chi connectivity index (χ1n) is 7.42. The molecular formula is C17H26ClN5OS2. The quantitative estimate of drug-likeness (QED) is 0.310. The number of carbonyl (C=O) groups excluding carboxylic acids is 1. The predicted octanol–water partition coefficient (Wildman–Crippen LogP) is 3.51. The molecule has 26 heavy (non-hydrogen) atoms. The number of aromatic nitrogens is 3. The van der Waals surface area contributed by atoms with E-state index in [0.717, 1.165) is 11.9 Å². The zero-order valence-electron chi connectivity index (χ0n) is 15.7. The van der Waals surface area contributed by atoms with E-state index in [1.165, 1.54) is 4.90 Å². The van der Waals surface area contributed by atoms with Crippen molar-refractivity contribution in [3.8, 4) is 12.8 Å². The van der Waals surface area contributed by atoms with Crippen molar-refractivity contribution in [2.45, 2.75) is 13.8 Å². The van der Waals surface area contributed by atoms with Crippen LogP contribution in [0.15, 0.2) is 18.8 Å². The van der Waals surface area contributed by atoms with E-state index in [1.807, 2.05) is 14.0 Å². The van der Waals surface area contributed by atoms with Crippen LogP contribution in [0, 0.1) is 12.8 Å². The van der Waals surface area contributed by atoms with Crippen LogP contribution in [0.5, 0.6) is 0 Å². The van der Waals surface area contributed by atoms with Crippen molar-refractivity contribution in [1.82, 2.24) is 24.8 Å². The fraction of sp³-hybridized carbons (Fsp3) is 0.353. The number of allylic oxidation sites excluding steroid dienone is 1. The summed E-state index contributed by atoms with van der Waals surface area (Å²) in [5, 5.41) is 3.83. The predicted molar refractivity (Wildman–Crippen MR) is 119 cm³/mol. The molecule has 0 aliphatic rings. The van der Waals surface area contributed by atoms with E-state index in [0.29, 0.717) is 17.0 Å². The lowest BCUT2D eigenvalue weighted by Crippen LogP contribution is -2.24. The topological polar surface area (TPSA) is 63.1 Å². The van der Waals surface area contributed by atoms with Crippen molar-refractivity contribution in [3.05, 3.63) is 29.8 Å². The number of fused-ring (bicyclic) bond motifs is 1. The first kappa shape index (κ1) is 26.6. The minimum atomic E-state index is -0.118. The highest BCUT2D eigenvalue weighted by atomic mass is 35.5. The molecule has 0 radical (unpaired) electrons. The molecule has 0 aliphatic heterocycles. The number of hydrogen-bond acceptors (Lipinski definition) is 6. The second-order valence-electron chi connectivity index (χ2n) is 4.92. The highest BCUT2D eigenvalue weighted by Crippen LogP contribution is 2.22. The van der Waals surface area contributed by atoms with Crippen LogP contribution in [-0.2, 0) is 0 Å². The molecule has 2 aromatic heterocycles. The van der Waals surface area contributed by atoms with Crippen LogP contribution >= 0.6 is 34.9 Å². The Kier molecular flexibility index (Phi) is 14.8. The summed E-state index contributed by atoms with van der Waals surface area (Å²) in [7, 11) is 5.32. The Morgan fingerprint density at radius 1 is 1.42 bits per heavy atom. The molecule has 0 aromatic carbocycles. The molecule has 0 spiro atoms. The minimum absolute atomic E-state index is 0.118. The lowest BCUT2D eigenvalue weighted by atomic mass is 10.3. The summed E-state index contributed by atoms with van der Waals surface area (Å²) in [4.78, 5) is 21.7. The van der Waals surface area contributed by atoms with Gasteiger partial charge in [0, 0.05) is 31.4 Å². The van der Waals surface area contributed by atoms with Gasteiger partial charge < -0.3 is 10.2 Å². The summed E-state index contributed by atoms with van der Waals surface area (Å²) in [6.07, 6.45) is 9.59. The van der Waals surface area contributed by atoms with Crippen molar-refractivity contribution in [2.75, 3.05) is 27.7 Å². The summed E-state index contributed by atoms with van der Waals surface area (Å²) < 4.78 is 1.69. The van der Waals surface area contributed by atoms with Gasteiger partial charge >= 0.3 is 0 Å². The number of nitrogens with one attached hydrogen (secondary N) is 1. The van der Waals surface area contributed by atoms with Crippen LogP contribution in [0.4, 0.5) is 0 Å². The minimum Gasteiger partial charge on any atom is -0.343 e. The molecule has 6 nitrogen and oxygen atoms in total. The smallest absolute Gasteiger partial charge is 0.270 e. The Morgan fingerprint density at radius 3 is 2.31 bits per heavy atom. The van der Waals surface area contributed by atoms with Crippen molar-refractivity contribution >= 4 is 57.6 Å². The molecule has 1 amide bonds. The molecule has 0 atom stereocenters. The third-order valence-corrected chi connectivity index (χ3v) is 3.05. The molecule has 2 heterocycles. The van der Waals surface area contributed by atoms with Gasteiger partial charge in [0.15, 0.2) is 0 Å². The number of carbonyl (C=O) groups is 1. The highest BCUT2D eigenvalue weighted by Gasteiger charge is 2.18. The van der Waals surface area contributed by atoms with Crippen LogP contribution in [0.25, 0.3) is 16.7 Å². The molecule has 144 valence electrons. The molecule has 0 saturated heterocycles. The average molecular weight is 416 g/mol. The molecule has 2 rings (SSSR count). The maximum atomic E-state index is 12.1. The van der Waals surface area contributed by atoms with E-state index < -0.39 is 0 Å². The van der Waals surface area contributed by atoms with Crippen molar-refractivity contribution < 1.29 is 4.79 Å². The van der Waals surface area contributed by atoms with E-state index in [2.05, 4.69) is 65.0 Å². The Balaban J connectivity index is 0. The summed E-state index contributed by atoms with van der Waals surface area (Å²) in [5.74, 6) is -0.118. The first-order chi connectivity index (χ1) is 12.3. The Hall–Kier alpha value is -1.66. The van der Waals surface area contributed by atoms with Crippen LogP contribution in [-0.4, -0.2) is 53.0 Å². The van der Waals surface area contributed by atoms with E-state index in [9.17, 15) is 4.79 Å². The lowest BCUT2D eigenvalue weighted by Gasteiger charge is -2.13.